The van der Waals surface area contributed by atoms with Crippen LogP contribution >= 0.6 is 11.6 Å². The van der Waals surface area contributed by atoms with Gasteiger partial charge in [-0.3, -0.25) is 4.79 Å². The van der Waals surface area contributed by atoms with E-state index in [0.717, 1.165) is 16.8 Å². The van der Waals surface area contributed by atoms with Crippen molar-refractivity contribution in [2.24, 2.45) is 7.05 Å². The summed E-state index contributed by atoms with van der Waals surface area (Å²) < 4.78 is 56.5. The Bertz CT molecular complexity index is 1810. The van der Waals surface area contributed by atoms with E-state index in [9.17, 15) is 18.0 Å². The van der Waals surface area contributed by atoms with Crippen molar-refractivity contribution < 1.29 is 22.6 Å². The van der Waals surface area contributed by atoms with Gasteiger partial charge in [-0.15, -0.1) is 0 Å². The van der Waals surface area contributed by atoms with E-state index in [0.29, 0.717) is 35.6 Å². The minimum Gasteiger partial charge on any atom is -0.450 e. The predicted octanol–water partition coefficient (Wildman–Crippen LogP) is 4.38. The topological polar surface area (TPSA) is 125 Å². The minimum atomic E-state index is -4.67. The van der Waals surface area contributed by atoms with E-state index in [1.54, 1.807) is 31.0 Å². The van der Waals surface area contributed by atoms with Crippen molar-refractivity contribution in [2.45, 2.75) is 18.6 Å². The summed E-state index contributed by atoms with van der Waals surface area (Å²) in [5.41, 5.74) is -0.800. The van der Waals surface area contributed by atoms with Gasteiger partial charge in [0.05, 0.1) is 43.0 Å². The van der Waals surface area contributed by atoms with Crippen molar-refractivity contribution in [3.05, 3.63) is 58.0 Å². The van der Waals surface area contributed by atoms with Gasteiger partial charge in [0.2, 0.25) is 5.95 Å². The summed E-state index contributed by atoms with van der Waals surface area (Å²) in [6, 6.07) is 0.252. The zero-order chi connectivity index (χ0) is 28.2. The number of nitrogens with one attached hydrogen (secondary N) is 2. The molecule has 1 aliphatic heterocycles. The van der Waals surface area contributed by atoms with Crippen LogP contribution in [0.2, 0.25) is 5.02 Å². The van der Waals surface area contributed by atoms with Crippen molar-refractivity contribution in [1.29, 1.82) is 0 Å². The summed E-state index contributed by atoms with van der Waals surface area (Å²) >= 11 is 6.67. The molecular formula is C24H21ClF3N9O3. The van der Waals surface area contributed by atoms with Gasteiger partial charge < -0.3 is 29.2 Å². The molecule has 12 nitrogen and oxygen atoms in total. The van der Waals surface area contributed by atoms with Crippen LogP contribution in [-0.4, -0.2) is 54.0 Å². The first-order valence-corrected chi connectivity index (χ1v) is 12.4. The minimum absolute atomic E-state index is 0.0620. The van der Waals surface area contributed by atoms with Crippen LogP contribution in [0.5, 0.6) is 11.5 Å². The summed E-state index contributed by atoms with van der Waals surface area (Å²) in [5.74, 6) is 1.24. The molecule has 0 aliphatic carbocycles. The number of halogens is 4. The van der Waals surface area contributed by atoms with Crippen molar-refractivity contribution in [3.8, 4) is 11.5 Å². The molecule has 2 N–H and O–H groups in total. The molecular weight excluding hydrogens is 555 g/mol. The SMILES string of the molecule is CNc1cn2ncc(Oc3cnc4nc(Nc5cc(C(F)(F)F)cn([C@H]6CCOC6)c5=O)n(C)c4c3Cl)c2cn1. The number of aromatic nitrogens is 7. The Kier molecular flexibility index (Phi) is 6.26. The number of aryl methyl sites for hydroxylation is 1. The molecule has 0 unspecified atom stereocenters. The van der Waals surface area contributed by atoms with Gasteiger partial charge in [-0.2, -0.15) is 23.3 Å². The lowest BCUT2D eigenvalue weighted by atomic mass is 10.2. The highest BCUT2D eigenvalue weighted by Crippen LogP contribution is 2.37. The molecule has 0 bridgehead atoms. The molecule has 1 fully saturated rings. The number of alkyl halides is 3. The van der Waals surface area contributed by atoms with Crippen LogP contribution in [0.4, 0.5) is 30.6 Å². The maximum Gasteiger partial charge on any atom is 0.417 e. The first-order valence-electron chi connectivity index (χ1n) is 12.0. The molecule has 1 atom stereocenters. The van der Waals surface area contributed by atoms with E-state index in [1.807, 2.05) is 0 Å². The quantitative estimate of drug-likeness (QED) is 0.303. The molecule has 5 aromatic rings. The largest absolute Gasteiger partial charge is 0.450 e. The van der Waals surface area contributed by atoms with Crippen LogP contribution in [0.25, 0.3) is 16.7 Å². The Morgan fingerprint density at radius 1 is 1.18 bits per heavy atom. The Balaban J connectivity index is 1.37. The van der Waals surface area contributed by atoms with Crippen LogP contribution in [0, 0.1) is 0 Å². The highest BCUT2D eigenvalue weighted by atomic mass is 35.5. The van der Waals surface area contributed by atoms with Gasteiger partial charge in [0.25, 0.3) is 5.56 Å². The number of rotatable bonds is 6. The van der Waals surface area contributed by atoms with E-state index >= 15 is 0 Å². The molecule has 208 valence electrons. The molecule has 0 radical (unpaired) electrons. The fourth-order valence-electron chi connectivity index (χ4n) is 4.46. The van der Waals surface area contributed by atoms with Gasteiger partial charge in [-0.1, -0.05) is 11.6 Å². The van der Waals surface area contributed by atoms with Gasteiger partial charge in [0, 0.05) is 26.9 Å². The number of fused-ring (bicyclic) bond motifs is 2. The Hall–Kier alpha value is -4.37. The number of imidazole rings is 1. The average molecular weight is 576 g/mol. The first kappa shape index (κ1) is 25.9. The van der Waals surface area contributed by atoms with Gasteiger partial charge >= 0.3 is 6.18 Å². The molecule has 6 heterocycles. The number of hydrogen-bond acceptors (Lipinski definition) is 9. The molecule has 0 aromatic carbocycles. The summed E-state index contributed by atoms with van der Waals surface area (Å²) in [4.78, 5) is 26.1. The van der Waals surface area contributed by atoms with E-state index in [-0.39, 0.29) is 34.7 Å². The monoisotopic (exact) mass is 575 g/mol. The Morgan fingerprint density at radius 2 is 2.00 bits per heavy atom. The van der Waals surface area contributed by atoms with Crippen molar-refractivity contribution >= 4 is 45.7 Å². The Morgan fingerprint density at radius 3 is 2.73 bits per heavy atom. The van der Waals surface area contributed by atoms with Crippen molar-refractivity contribution in [3.63, 3.8) is 0 Å². The zero-order valence-electron chi connectivity index (χ0n) is 21.0. The smallest absolute Gasteiger partial charge is 0.417 e. The van der Waals surface area contributed by atoms with Gasteiger partial charge in [0.1, 0.15) is 27.6 Å². The van der Waals surface area contributed by atoms with Gasteiger partial charge in [-0.05, 0) is 12.5 Å². The second-order valence-electron chi connectivity index (χ2n) is 9.06. The number of anilines is 3. The average Bonchev–Trinajstić information content (AvgIpc) is 3.66. The highest BCUT2D eigenvalue weighted by molar-refractivity contribution is 6.36. The predicted molar refractivity (Wildman–Crippen MR) is 140 cm³/mol. The molecule has 40 heavy (non-hydrogen) atoms. The van der Waals surface area contributed by atoms with Crippen LogP contribution in [0.15, 0.2) is 41.8 Å². The molecule has 0 amide bonds. The molecule has 0 saturated carbocycles. The third kappa shape index (κ3) is 4.46. The lowest BCUT2D eigenvalue weighted by Gasteiger charge is -2.18. The zero-order valence-corrected chi connectivity index (χ0v) is 21.8. The third-order valence-corrected chi connectivity index (χ3v) is 6.93. The maximum absolute atomic E-state index is 13.7. The number of pyridine rings is 2. The van der Waals surface area contributed by atoms with E-state index in [1.165, 1.54) is 17.0 Å². The first-order chi connectivity index (χ1) is 19.1. The second-order valence-corrected chi connectivity index (χ2v) is 9.44. The molecule has 1 saturated heterocycles. The van der Waals surface area contributed by atoms with Crippen molar-refractivity contribution in [2.75, 3.05) is 30.9 Å². The fraction of sp³-hybridized carbons (Fsp3) is 0.292. The second kappa shape index (κ2) is 9.67. The van der Waals surface area contributed by atoms with Gasteiger partial charge in [0.15, 0.2) is 17.1 Å². The van der Waals surface area contributed by atoms with E-state index < -0.39 is 23.3 Å². The lowest BCUT2D eigenvalue weighted by Crippen LogP contribution is -2.28. The lowest BCUT2D eigenvalue weighted by molar-refractivity contribution is -0.138. The summed E-state index contributed by atoms with van der Waals surface area (Å²) in [6.07, 6.45) is 2.72. The van der Waals surface area contributed by atoms with Crippen molar-refractivity contribution in [1.82, 2.24) is 33.7 Å². The van der Waals surface area contributed by atoms with Crippen LogP contribution in [-0.2, 0) is 18.0 Å². The third-order valence-electron chi connectivity index (χ3n) is 6.57. The van der Waals surface area contributed by atoms with Crippen LogP contribution in [0.3, 0.4) is 0 Å². The van der Waals surface area contributed by atoms with Crippen LogP contribution < -0.4 is 20.9 Å². The van der Waals surface area contributed by atoms with Gasteiger partial charge in [-0.25, -0.2) is 14.5 Å². The fourth-order valence-corrected chi connectivity index (χ4v) is 4.76. The van der Waals surface area contributed by atoms with E-state index in [4.69, 9.17) is 21.1 Å². The standard InChI is InChI=1S/C24H21ClF3N9O3/c1-29-18-10-37-15(6-30-18)16(8-32-37)40-17-7-31-21-20(19(17)25)35(2)23(34-21)33-14-5-12(24(26,27)28)9-36(22(14)38)13-3-4-39-11-13/h5-10,13,29H,3-4,11H2,1-2H3,(H,31,33,34)/t13-/m0/s1. The summed E-state index contributed by atoms with van der Waals surface area (Å²) in [7, 11) is 3.32. The molecule has 1 aliphatic rings. The number of nitrogens with zero attached hydrogens (tertiary/aromatic N) is 7. The van der Waals surface area contributed by atoms with Crippen LogP contribution in [0.1, 0.15) is 18.0 Å². The highest BCUT2D eigenvalue weighted by Gasteiger charge is 2.34. The normalized spacial score (nSPS) is 15.7. The molecule has 6 rings (SSSR count). The number of ether oxygens (including phenoxy) is 2. The summed E-state index contributed by atoms with van der Waals surface area (Å²) in [5, 5.41) is 10.1. The number of hydrogen-bond donors (Lipinski definition) is 2. The summed E-state index contributed by atoms with van der Waals surface area (Å²) in [6.45, 7) is 0.507. The molecule has 16 heteroatoms. The van der Waals surface area contributed by atoms with E-state index in [2.05, 4.69) is 30.7 Å². The molecule has 0 spiro atoms. The Labute approximate surface area is 228 Å². The molecule has 5 aromatic heterocycles. The maximum atomic E-state index is 13.7.